The van der Waals surface area contributed by atoms with E-state index in [1.807, 2.05) is 13.0 Å². The molecule has 3 aromatic heterocycles. The van der Waals surface area contributed by atoms with Gasteiger partial charge in [0.25, 0.3) is 0 Å². The fraction of sp³-hybridized carbons (Fsp3) is 0.0714. The van der Waals surface area contributed by atoms with Crippen LogP contribution >= 0.6 is 0 Å². The maximum Gasteiger partial charge on any atom is 0.239 e. The van der Waals surface area contributed by atoms with Gasteiger partial charge in [-0.3, -0.25) is 9.97 Å². The Morgan fingerprint density at radius 3 is 2.59 bits per heavy atom. The first-order valence-electron chi connectivity index (χ1n) is 6.40. The summed E-state index contributed by atoms with van der Waals surface area (Å²) in [5.74, 6) is 0.648. The minimum Gasteiger partial charge on any atom is -0.341 e. The number of H-pyrrole nitrogens is 1. The Bertz CT molecular complexity index is 934. The standard InChI is InChI=1S/C14H13N5O2S/c1-9-6-18-14(19-9)13-5-10(2-3-17-13)11-4-12(8-16-7-11)22(15,20)21/h2-8H,1H3,(H,18,19)(H2,15,20,21). The molecule has 0 aromatic carbocycles. The second-order valence-corrected chi connectivity index (χ2v) is 6.36. The Morgan fingerprint density at radius 1 is 1.09 bits per heavy atom. The molecule has 0 aliphatic carbocycles. The van der Waals surface area contributed by atoms with Gasteiger partial charge in [-0.25, -0.2) is 18.5 Å². The van der Waals surface area contributed by atoms with Crippen molar-refractivity contribution in [1.82, 2.24) is 19.9 Å². The van der Waals surface area contributed by atoms with Gasteiger partial charge in [0.15, 0.2) is 5.82 Å². The van der Waals surface area contributed by atoms with E-state index in [1.54, 1.807) is 24.7 Å². The summed E-state index contributed by atoms with van der Waals surface area (Å²) in [6.07, 6.45) is 6.14. The first-order chi connectivity index (χ1) is 10.4. The number of rotatable bonds is 3. The van der Waals surface area contributed by atoms with Crippen molar-refractivity contribution >= 4 is 10.0 Å². The first-order valence-corrected chi connectivity index (χ1v) is 7.94. The summed E-state index contributed by atoms with van der Waals surface area (Å²) in [5.41, 5.74) is 3.00. The summed E-state index contributed by atoms with van der Waals surface area (Å²) in [5, 5.41) is 5.13. The summed E-state index contributed by atoms with van der Waals surface area (Å²) in [6, 6.07) is 5.06. The summed E-state index contributed by atoms with van der Waals surface area (Å²) >= 11 is 0. The van der Waals surface area contributed by atoms with Crippen molar-refractivity contribution in [1.29, 1.82) is 0 Å². The fourth-order valence-electron chi connectivity index (χ4n) is 2.01. The van der Waals surface area contributed by atoms with E-state index in [4.69, 9.17) is 5.14 Å². The highest BCUT2D eigenvalue weighted by Gasteiger charge is 2.11. The van der Waals surface area contributed by atoms with Gasteiger partial charge < -0.3 is 4.98 Å². The van der Waals surface area contributed by atoms with Crippen molar-refractivity contribution in [2.45, 2.75) is 11.8 Å². The molecule has 112 valence electrons. The summed E-state index contributed by atoms with van der Waals surface area (Å²) in [6.45, 7) is 1.90. The largest absolute Gasteiger partial charge is 0.341 e. The van der Waals surface area contributed by atoms with Crippen LogP contribution in [0.2, 0.25) is 0 Å². The van der Waals surface area contributed by atoms with Gasteiger partial charge in [0.05, 0.1) is 0 Å². The monoisotopic (exact) mass is 315 g/mol. The van der Waals surface area contributed by atoms with Gasteiger partial charge in [-0.2, -0.15) is 0 Å². The van der Waals surface area contributed by atoms with Crippen LogP contribution in [0, 0.1) is 6.92 Å². The Kier molecular flexibility index (Phi) is 3.47. The molecule has 0 saturated heterocycles. The average molecular weight is 315 g/mol. The topological polar surface area (TPSA) is 115 Å². The lowest BCUT2D eigenvalue weighted by Crippen LogP contribution is -2.12. The van der Waals surface area contributed by atoms with Crippen LogP contribution < -0.4 is 5.14 Å². The normalized spacial score (nSPS) is 11.5. The highest BCUT2D eigenvalue weighted by Crippen LogP contribution is 2.24. The molecule has 0 aliphatic heterocycles. The SMILES string of the molecule is Cc1cnc(-c2cc(-c3cncc(S(N)(=O)=O)c3)ccn2)[nH]1. The quantitative estimate of drug-likeness (QED) is 0.760. The smallest absolute Gasteiger partial charge is 0.239 e. The van der Waals surface area contributed by atoms with Crippen molar-refractivity contribution < 1.29 is 8.42 Å². The number of nitrogens with one attached hydrogen (secondary N) is 1. The molecule has 0 fully saturated rings. The number of sulfonamides is 1. The second-order valence-electron chi connectivity index (χ2n) is 4.80. The van der Waals surface area contributed by atoms with Gasteiger partial charge in [0.1, 0.15) is 10.6 Å². The van der Waals surface area contributed by atoms with Crippen molar-refractivity contribution in [3.8, 4) is 22.6 Å². The number of imidazole rings is 1. The maximum atomic E-state index is 11.4. The molecule has 0 spiro atoms. The Morgan fingerprint density at radius 2 is 1.91 bits per heavy atom. The Labute approximate surface area is 127 Å². The minimum absolute atomic E-state index is 0.0304. The number of aromatic amines is 1. The predicted molar refractivity (Wildman–Crippen MR) is 81.2 cm³/mol. The summed E-state index contributed by atoms with van der Waals surface area (Å²) in [4.78, 5) is 15.5. The molecular formula is C14H13N5O2S. The number of pyridine rings is 2. The van der Waals surface area contributed by atoms with Gasteiger partial charge >= 0.3 is 0 Å². The molecular weight excluding hydrogens is 302 g/mol. The van der Waals surface area contributed by atoms with Gasteiger partial charge in [0, 0.05) is 36.0 Å². The molecule has 3 N–H and O–H groups in total. The molecule has 0 saturated carbocycles. The number of hydrogen-bond acceptors (Lipinski definition) is 5. The van der Waals surface area contributed by atoms with Crippen molar-refractivity contribution in [3.05, 3.63) is 48.7 Å². The molecule has 3 rings (SSSR count). The second kappa shape index (κ2) is 5.32. The molecule has 0 bridgehead atoms. The molecule has 8 heteroatoms. The minimum atomic E-state index is -3.79. The van der Waals surface area contributed by atoms with E-state index in [0.29, 0.717) is 17.1 Å². The molecule has 7 nitrogen and oxygen atoms in total. The highest BCUT2D eigenvalue weighted by atomic mass is 32.2. The number of nitrogens with zero attached hydrogens (tertiary/aromatic N) is 3. The van der Waals surface area contributed by atoms with Crippen LogP contribution in [-0.2, 0) is 10.0 Å². The van der Waals surface area contributed by atoms with Crippen LogP contribution in [0.4, 0.5) is 0 Å². The number of primary sulfonamides is 1. The van der Waals surface area contributed by atoms with Crippen LogP contribution in [0.3, 0.4) is 0 Å². The number of hydrogen-bond donors (Lipinski definition) is 2. The molecule has 22 heavy (non-hydrogen) atoms. The molecule has 0 amide bonds. The molecule has 0 unspecified atom stereocenters. The third-order valence-electron chi connectivity index (χ3n) is 3.08. The molecule has 0 radical (unpaired) electrons. The molecule has 3 heterocycles. The van der Waals surface area contributed by atoms with Gasteiger partial charge in [-0.1, -0.05) is 0 Å². The van der Waals surface area contributed by atoms with Crippen LogP contribution in [0.25, 0.3) is 22.6 Å². The fourth-order valence-corrected chi connectivity index (χ4v) is 2.51. The molecule has 0 atom stereocenters. The molecule has 0 aliphatic rings. The van der Waals surface area contributed by atoms with Crippen LogP contribution in [0.5, 0.6) is 0 Å². The number of aromatic nitrogens is 4. The summed E-state index contributed by atoms with van der Waals surface area (Å²) in [7, 11) is -3.79. The zero-order chi connectivity index (χ0) is 15.7. The number of aryl methyl sites for hydroxylation is 1. The third-order valence-corrected chi connectivity index (χ3v) is 3.96. The lowest BCUT2D eigenvalue weighted by Gasteiger charge is -2.05. The van der Waals surface area contributed by atoms with E-state index < -0.39 is 10.0 Å². The maximum absolute atomic E-state index is 11.4. The van der Waals surface area contributed by atoms with E-state index in [1.165, 1.54) is 12.3 Å². The lowest BCUT2D eigenvalue weighted by molar-refractivity contribution is 0.597. The van der Waals surface area contributed by atoms with E-state index in [-0.39, 0.29) is 4.90 Å². The highest BCUT2D eigenvalue weighted by molar-refractivity contribution is 7.89. The van der Waals surface area contributed by atoms with Crippen molar-refractivity contribution in [2.75, 3.05) is 0 Å². The van der Waals surface area contributed by atoms with Crippen LogP contribution in [-0.4, -0.2) is 28.4 Å². The lowest BCUT2D eigenvalue weighted by atomic mass is 10.1. The first kappa shape index (κ1) is 14.4. The van der Waals surface area contributed by atoms with E-state index in [2.05, 4.69) is 19.9 Å². The van der Waals surface area contributed by atoms with Gasteiger partial charge in [-0.15, -0.1) is 0 Å². The van der Waals surface area contributed by atoms with Gasteiger partial charge in [-0.05, 0) is 30.7 Å². The Balaban J connectivity index is 2.06. The van der Waals surface area contributed by atoms with E-state index in [0.717, 1.165) is 11.3 Å². The van der Waals surface area contributed by atoms with E-state index >= 15 is 0 Å². The zero-order valence-electron chi connectivity index (χ0n) is 11.7. The van der Waals surface area contributed by atoms with Crippen LogP contribution in [0.1, 0.15) is 5.69 Å². The summed E-state index contributed by atoms with van der Waals surface area (Å²) < 4.78 is 22.8. The zero-order valence-corrected chi connectivity index (χ0v) is 12.5. The Hall–Kier alpha value is -2.58. The van der Waals surface area contributed by atoms with Crippen molar-refractivity contribution in [3.63, 3.8) is 0 Å². The molecule has 3 aromatic rings. The third kappa shape index (κ3) is 2.87. The van der Waals surface area contributed by atoms with Gasteiger partial charge in [0.2, 0.25) is 10.0 Å². The number of nitrogens with two attached hydrogens (primary N) is 1. The van der Waals surface area contributed by atoms with Crippen molar-refractivity contribution in [2.24, 2.45) is 5.14 Å². The predicted octanol–water partition coefficient (Wildman–Crippen LogP) is 1.49. The average Bonchev–Trinajstić information content (AvgIpc) is 2.93. The van der Waals surface area contributed by atoms with Crippen LogP contribution in [0.15, 0.2) is 47.9 Å². The van der Waals surface area contributed by atoms with E-state index in [9.17, 15) is 8.42 Å².